The Hall–Kier alpha value is -0.900. The predicted octanol–water partition coefficient (Wildman–Crippen LogP) is 6.07. The fourth-order valence-electron chi connectivity index (χ4n) is 10.2. The largest absolute Gasteiger partial charge is 0.317 e. The van der Waals surface area contributed by atoms with Gasteiger partial charge in [0, 0.05) is 38.3 Å². The van der Waals surface area contributed by atoms with Crippen LogP contribution in [-0.2, 0) is 0 Å². The van der Waals surface area contributed by atoms with E-state index in [1.165, 1.54) is 65.0 Å². The molecule has 8 rings (SSSR count). The summed E-state index contributed by atoms with van der Waals surface area (Å²) in [6, 6.07) is 10.9. The zero-order chi connectivity index (χ0) is 23.6. The molecule has 0 amide bonds. The second kappa shape index (κ2) is 9.14. The summed E-state index contributed by atoms with van der Waals surface area (Å²) in [5.41, 5.74) is 3.90. The fourth-order valence-corrected chi connectivity index (χ4v) is 10.2. The summed E-state index contributed by atoms with van der Waals surface area (Å²) in [6.07, 6.45) is 13.5. The van der Waals surface area contributed by atoms with E-state index in [9.17, 15) is 0 Å². The fraction of sp³-hybridized carbons (Fsp3) is 0.812. The van der Waals surface area contributed by atoms with Gasteiger partial charge in [-0.2, -0.15) is 0 Å². The molecular weight excluding hydrogens is 426 g/mol. The molecule has 0 unspecified atom stereocenters. The molecule has 5 aliphatic carbocycles. The molecule has 0 radical (unpaired) electrons. The van der Waals surface area contributed by atoms with Gasteiger partial charge in [-0.05, 0) is 123 Å². The third-order valence-corrected chi connectivity index (χ3v) is 11.8. The van der Waals surface area contributed by atoms with Crippen LogP contribution in [0.2, 0.25) is 0 Å². The van der Waals surface area contributed by atoms with Crippen molar-refractivity contribution in [2.24, 2.45) is 35.0 Å². The van der Waals surface area contributed by atoms with Crippen molar-refractivity contribution in [2.45, 2.75) is 89.6 Å². The van der Waals surface area contributed by atoms with E-state index in [0.29, 0.717) is 17.4 Å². The van der Waals surface area contributed by atoms with Gasteiger partial charge in [0.2, 0.25) is 0 Å². The molecule has 3 heteroatoms. The average molecular weight is 476 g/mol. The molecule has 1 aromatic rings. The molecule has 2 aliphatic heterocycles. The normalized spacial score (nSPS) is 39.4. The van der Waals surface area contributed by atoms with Crippen LogP contribution in [0.15, 0.2) is 24.3 Å². The minimum Gasteiger partial charge on any atom is -0.317 e. The van der Waals surface area contributed by atoms with Crippen LogP contribution in [0.3, 0.4) is 0 Å². The highest BCUT2D eigenvalue weighted by molar-refractivity contribution is 5.33. The van der Waals surface area contributed by atoms with Crippen LogP contribution in [0.5, 0.6) is 0 Å². The van der Waals surface area contributed by atoms with Gasteiger partial charge < -0.3 is 5.32 Å². The van der Waals surface area contributed by atoms with Crippen molar-refractivity contribution >= 4 is 0 Å². The quantitative estimate of drug-likeness (QED) is 0.557. The van der Waals surface area contributed by atoms with Gasteiger partial charge in [-0.1, -0.05) is 38.1 Å². The molecule has 5 saturated carbocycles. The third-order valence-electron chi connectivity index (χ3n) is 11.8. The monoisotopic (exact) mass is 475 g/mol. The SMILES string of the molecule is CC(C)c1ccccc1[C@@H]1CN(CC2C3CC4CC(C3)CC2C4)CCN1C1CC2(CCNCC2)C1. The van der Waals surface area contributed by atoms with Gasteiger partial charge in [-0.25, -0.2) is 0 Å². The summed E-state index contributed by atoms with van der Waals surface area (Å²) in [6.45, 7) is 12.5. The molecule has 2 saturated heterocycles. The molecule has 7 fully saturated rings. The molecule has 7 aliphatic rings. The Balaban J connectivity index is 1.10. The smallest absolute Gasteiger partial charge is 0.0481 e. The van der Waals surface area contributed by atoms with E-state index in [1.54, 1.807) is 43.2 Å². The number of piperazine rings is 1. The van der Waals surface area contributed by atoms with Crippen LogP contribution in [-0.4, -0.2) is 55.1 Å². The molecule has 3 nitrogen and oxygen atoms in total. The van der Waals surface area contributed by atoms with Crippen molar-refractivity contribution in [3.05, 3.63) is 35.4 Å². The Morgan fingerprint density at radius 3 is 2.29 bits per heavy atom. The van der Waals surface area contributed by atoms with Crippen molar-refractivity contribution in [1.29, 1.82) is 0 Å². The Bertz CT molecular complexity index is 866. The van der Waals surface area contributed by atoms with Crippen LogP contribution >= 0.6 is 0 Å². The standard InChI is InChI=1S/C32H49N3/c1-22(2)28-5-3-4-6-29(28)31-21-34(20-30-25-14-23-13-24(16-25)17-26(30)15-23)11-12-35(31)27-18-32(19-27)7-9-33-10-8-32/h3-6,22-27,30-31,33H,7-21H2,1-2H3/t23?,24?,25?,26?,30?,31-/m0/s1. The Labute approximate surface area is 214 Å². The number of piperidine rings is 1. The summed E-state index contributed by atoms with van der Waals surface area (Å²) < 4.78 is 0. The first-order chi connectivity index (χ1) is 17.1. The second-order valence-electron chi connectivity index (χ2n) is 14.2. The number of rotatable bonds is 5. The summed E-state index contributed by atoms with van der Waals surface area (Å²) in [7, 11) is 0. The van der Waals surface area contributed by atoms with Crippen LogP contribution < -0.4 is 5.32 Å². The van der Waals surface area contributed by atoms with Crippen molar-refractivity contribution in [3.8, 4) is 0 Å². The van der Waals surface area contributed by atoms with Crippen LogP contribution in [0, 0.1) is 35.0 Å². The summed E-state index contributed by atoms with van der Waals surface area (Å²) in [4.78, 5) is 5.92. The lowest BCUT2D eigenvalue weighted by atomic mass is 9.52. The molecule has 1 spiro atoms. The highest BCUT2D eigenvalue weighted by atomic mass is 15.3. The lowest BCUT2D eigenvalue weighted by Gasteiger charge is -2.58. The Kier molecular flexibility index (Phi) is 6.06. The van der Waals surface area contributed by atoms with Gasteiger partial charge >= 0.3 is 0 Å². The van der Waals surface area contributed by atoms with Gasteiger partial charge in [0.05, 0.1) is 0 Å². The van der Waals surface area contributed by atoms with Crippen LogP contribution in [0.1, 0.15) is 94.7 Å². The van der Waals surface area contributed by atoms with E-state index >= 15 is 0 Å². The Morgan fingerprint density at radius 1 is 0.914 bits per heavy atom. The predicted molar refractivity (Wildman–Crippen MR) is 145 cm³/mol. The number of benzene rings is 1. The van der Waals surface area contributed by atoms with Crippen molar-refractivity contribution < 1.29 is 0 Å². The number of nitrogens with zero attached hydrogens (tertiary/aromatic N) is 2. The first-order valence-electron chi connectivity index (χ1n) is 15.3. The van der Waals surface area contributed by atoms with Crippen molar-refractivity contribution in [3.63, 3.8) is 0 Å². The zero-order valence-electron chi connectivity index (χ0n) is 22.4. The maximum absolute atomic E-state index is 3.60. The minimum atomic E-state index is 0.586. The van der Waals surface area contributed by atoms with Gasteiger partial charge in [-0.15, -0.1) is 0 Å². The summed E-state index contributed by atoms with van der Waals surface area (Å²) >= 11 is 0. The van der Waals surface area contributed by atoms with Crippen LogP contribution in [0.4, 0.5) is 0 Å². The highest BCUT2D eigenvalue weighted by Crippen LogP contribution is 2.57. The topological polar surface area (TPSA) is 18.5 Å². The number of hydrogen-bond donors (Lipinski definition) is 1. The summed E-state index contributed by atoms with van der Waals surface area (Å²) in [5, 5.41) is 3.60. The molecule has 4 bridgehead atoms. The molecule has 2 heterocycles. The third kappa shape index (κ3) is 4.22. The van der Waals surface area contributed by atoms with Gasteiger partial charge in [0.25, 0.3) is 0 Å². The van der Waals surface area contributed by atoms with Gasteiger partial charge in [0.1, 0.15) is 0 Å². The van der Waals surface area contributed by atoms with E-state index in [4.69, 9.17) is 0 Å². The van der Waals surface area contributed by atoms with Crippen molar-refractivity contribution in [2.75, 3.05) is 39.3 Å². The molecular formula is C32H49N3. The highest BCUT2D eigenvalue weighted by Gasteiger charge is 2.51. The Morgan fingerprint density at radius 2 is 1.60 bits per heavy atom. The van der Waals surface area contributed by atoms with E-state index < -0.39 is 0 Å². The minimum absolute atomic E-state index is 0.586. The second-order valence-corrected chi connectivity index (χ2v) is 14.2. The molecule has 192 valence electrons. The first kappa shape index (κ1) is 23.2. The molecule has 35 heavy (non-hydrogen) atoms. The van der Waals surface area contributed by atoms with Crippen LogP contribution in [0.25, 0.3) is 0 Å². The first-order valence-corrected chi connectivity index (χ1v) is 15.3. The van der Waals surface area contributed by atoms with E-state index in [1.807, 2.05) is 0 Å². The maximum atomic E-state index is 3.60. The number of hydrogen-bond acceptors (Lipinski definition) is 3. The lowest BCUT2D eigenvalue weighted by Crippen LogP contribution is -2.60. The molecule has 0 aromatic heterocycles. The molecule has 1 aromatic carbocycles. The maximum Gasteiger partial charge on any atom is 0.0481 e. The molecule has 1 atom stereocenters. The average Bonchev–Trinajstić information content (AvgIpc) is 2.85. The lowest BCUT2D eigenvalue weighted by molar-refractivity contribution is -0.0821. The van der Waals surface area contributed by atoms with E-state index in [0.717, 1.165) is 35.6 Å². The number of nitrogens with one attached hydrogen (secondary N) is 1. The van der Waals surface area contributed by atoms with Gasteiger partial charge in [0.15, 0.2) is 0 Å². The zero-order valence-corrected chi connectivity index (χ0v) is 22.4. The van der Waals surface area contributed by atoms with Crippen molar-refractivity contribution in [1.82, 2.24) is 15.1 Å². The van der Waals surface area contributed by atoms with E-state index in [2.05, 4.69) is 53.2 Å². The summed E-state index contributed by atoms with van der Waals surface area (Å²) in [5.74, 6) is 5.89. The molecule has 1 N–H and O–H groups in total. The van der Waals surface area contributed by atoms with E-state index in [-0.39, 0.29) is 0 Å². The van der Waals surface area contributed by atoms with Gasteiger partial charge in [-0.3, -0.25) is 9.80 Å².